The Balaban J connectivity index is 4.92. The van der Waals surface area contributed by atoms with Crippen molar-refractivity contribution in [3.05, 3.63) is 11.1 Å². The van der Waals surface area contributed by atoms with Crippen molar-refractivity contribution < 1.29 is 17.2 Å². The van der Waals surface area contributed by atoms with Crippen molar-refractivity contribution in [2.75, 3.05) is 19.8 Å². The summed E-state index contributed by atoms with van der Waals surface area (Å²) >= 11 is 0. The SMILES string of the molecule is CCCS(=O)(=O)C=C(C(F)F)N(C)C. The van der Waals surface area contributed by atoms with Crippen LogP contribution in [0.15, 0.2) is 11.1 Å². The predicted octanol–water partition coefficient (Wildman–Crippen LogP) is 1.48. The van der Waals surface area contributed by atoms with Gasteiger partial charge in [0.1, 0.15) is 0 Å². The first kappa shape index (κ1) is 13.4. The molecule has 0 radical (unpaired) electrons. The normalized spacial score (nSPS) is 13.4. The molecule has 0 aromatic heterocycles. The topological polar surface area (TPSA) is 37.4 Å². The number of allylic oxidation sites excluding steroid dienone is 1. The van der Waals surface area contributed by atoms with Crippen LogP contribution >= 0.6 is 0 Å². The molecule has 0 N–H and O–H groups in total. The van der Waals surface area contributed by atoms with Gasteiger partial charge in [0.15, 0.2) is 9.84 Å². The lowest BCUT2D eigenvalue weighted by atomic mass is 10.5. The third-order valence-electron chi connectivity index (χ3n) is 1.53. The van der Waals surface area contributed by atoms with E-state index < -0.39 is 22.0 Å². The van der Waals surface area contributed by atoms with Gasteiger partial charge in [-0.3, -0.25) is 0 Å². The van der Waals surface area contributed by atoms with Gasteiger partial charge in [-0.25, -0.2) is 17.2 Å². The fourth-order valence-corrected chi connectivity index (χ4v) is 2.25. The lowest BCUT2D eigenvalue weighted by Gasteiger charge is -2.15. The van der Waals surface area contributed by atoms with E-state index in [4.69, 9.17) is 0 Å². The largest absolute Gasteiger partial charge is 0.376 e. The third-order valence-corrected chi connectivity index (χ3v) is 3.11. The molecule has 0 unspecified atom stereocenters. The van der Waals surface area contributed by atoms with Crippen molar-refractivity contribution in [2.45, 2.75) is 19.8 Å². The molecule has 6 heteroatoms. The Morgan fingerprint density at radius 3 is 2.21 bits per heavy atom. The quantitative estimate of drug-likeness (QED) is 0.714. The molecule has 0 saturated carbocycles. The highest BCUT2D eigenvalue weighted by molar-refractivity contribution is 7.94. The maximum Gasteiger partial charge on any atom is 0.278 e. The van der Waals surface area contributed by atoms with Crippen molar-refractivity contribution in [3.8, 4) is 0 Å². The van der Waals surface area contributed by atoms with Crippen LogP contribution in [-0.4, -0.2) is 39.6 Å². The van der Waals surface area contributed by atoms with E-state index in [0.717, 1.165) is 4.90 Å². The number of hydrogen-bond acceptors (Lipinski definition) is 3. The number of alkyl halides is 2. The van der Waals surface area contributed by atoms with Gasteiger partial charge in [0, 0.05) is 14.1 Å². The maximum absolute atomic E-state index is 12.3. The van der Waals surface area contributed by atoms with Gasteiger partial charge in [0.05, 0.1) is 16.9 Å². The highest BCUT2D eigenvalue weighted by Crippen LogP contribution is 2.13. The van der Waals surface area contributed by atoms with Gasteiger partial charge in [-0.05, 0) is 6.42 Å². The molecule has 14 heavy (non-hydrogen) atoms. The summed E-state index contributed by atoms with van der Waals surface area (Å²) < 4.78 is 47.1. The van der Waals surface area contributed by atoms with Crippen LogP contribution in [0.1, 0.15) is 13.3 Å². The first-order chi connectivity index (χ1) is 6.30. The molecule has 0 amide bonds. The highest BCUT2D eigenvalue weighted by atomic mass is 32.2. The molecule has 0 atom stereocenters. The molecule has 0 aliphatic heterocycles. The van der Waals surface area contributed by atoms with Gasteiger partial charge >= 0.3 is 0 Å². The van der Waals surface area contributed by atoms with Gasteiger partial charge in [-0.15, -0.1) is 0 Å². The molecule has 0 fully saturated rings. The Hall–Kier alpha value is -0.650. The summed E-state index contributed by atoms with van der Waals surface area (Å²) in [5.41, 5.74) is -0.474. The highest BCUT2D eigenvalue weighted by Gasteiger charge is 2.17. The Morgan fingerprint density at radius 1 is 1.43 bits per heavy atom. The van der Waals surface area contributed by atoms with Crippen LogP contribution in [0.5, 0.6) is 0 Å². The Labute approximate surface area is 83.3 Å². The Kier molecular flexibility index (Phi) is 5.04. The van der Waals surface area contributed by atoms with Crippen LogP contribution in [-0.2, 0) is 9.84 Å². The van der Waals surface area contributed by atoms with E-state index in [0.29, 0.717) is 11.8 Å². The molecule has 3 nitrogen and oxygen atoms in total. The van der Waals surface area contributed by atoms with Gasteiger partial charge in [-0.2, -0.15) is 0 Å². The molecule has 0 aromatic carbocycles. The number of hydrogen-bond donors (Lipinski definition) is 0. The minimum absolute atomic E-state index is 0.100. The van der Waals surface area contributed by atoms with Crippen molar-refractivity contribution >= 4 is 9.84 Å². The standard InChI is InChI=1S/C8H15F2NO2S/c1-4-5-14(12,13)6-7(8(9)10)11(2)3/h6,8H,4-5H2,1-3H3. The zero-order valence-corrected chi connectivity index (χ0v) is 9.31. The lowest BCUT2D eigenvalue weighted by molar-refractivity contribution is 0.157. The monoisotopic (exact) mass is 227 g/mol. The van der Waals surface area contributed by atoms with E-state index in [9.17, 15) is 17.2 Å². The van der Waals surface area contributed by atoms with Gasteiger partial charge in [0.2, 0.25) is 0 Å². The zero-order valence-electron chi connectivity index (χ0n) is 8.50. The van der Waals surface area contributed by atoms with Gasteiger partial charge < -0.3 is 4.90 Å². The second-order valence-corrected chi connectivity index (χ2v) is 5.07. The molecule has 0 aliphatic carbocycles. The fraction of sp³-hybridized carbons (Fsp3) is 0.750. The van der Waals surface area contributed by atoms with Crippen molar-refractivity contribution in [2.24, 2.45) is 0 Å². The Bertz CT molecular complexity index is 286. The van der Waals surface area contributed by atoms with Gasteiger partial charge in [0.25, 0.3) is 6.43 Å². The molecule has 0 spiro atoms. The fourth-order valence-electron chi connectivity index (χ4n) is 0.879. The summed E-state index contributed by atoms with van der Waals surface area (Å²) in [5.74, 6) is -0.100. The van der Waals surface area contributed by atoms with Crippen LogP contribution in [0.3, 0.4) is 0 Å². The molecule has 0 bridgehead atoms. The molecular weight excluding hydrogens is 212 g/mol. The molecule has 0 rings (SSSR count). The van der Waals surface area contributed by atoms with Gasteiger partial charge in [-0.1, -0.05) is 6.92 Å². The van der Waals surface area contributed by atoms with Crippen LogP contribution in [0.2, 0.25) is 0 Å². The second-order valence-electron chi connectivity index (χ2n) is 3.10. The van der Waals surface area contributed by atoms with E-state index in [1.54, 1.807) is 6.92 Å². The maximum atomic E-state index is 12.3. The van der Waals surface area contributed by atoms with Crippen LogP contribution < -0.4 is 0 Å². The molecular formula is C8H15F2NO2S. The summed E-state index contributed by atoms with van der Waals surface area (Å²) in [4.78, 5) is 1.11. The lowest BCUT2D eigenvalue weighted by Crippen LogP contribution is -2.19. The summed E-state index contributed by atoms with van der Waals surface area (Å²) in [7, 11) is -0.728. The van der Waals surface area contributed by atoms with E-state index in [1.807, 2.05) is 0 Å². The first-order valence-electron chi connectivity index (χ1n) is 4.20. The second kappa shape index (κ2) is 5.29. The zero-order chi connectivity index (χ0) is 11.4. The van der Waals surface area contributed by atoms with E-state index in [1.165, 1.54) is 14.1 Å². The average Bonchev–Trinajstić information content (AvgIpc) is 1.99. The number of halogens is 2. The third kappa shape index (κ3) is 4.55. The Morgan fingerprint density at radius 2 is 1.93 bits per heavy atom. The van der Waals surface area contributed by atoms with E-state index in [2.05, 4.69) is 0 Å². The van der Waals surface area contributed by atoms with Crippen LogP contribution in [0.25, 0.3) is 0 Å². The molecule has 0 aliphatic rings. The van der Waals surface area contributed by atoms with Crippen molar-refractivity contribution in [1.82, 2.24) is 4.90 Å². The summed E-state index contributed by atoms with van der Waals surface area (Å²) in [6.07, 6.45) is -2.35. The summed E-state index contributed by atoms with van der Waals surface area (Å²) in [6, 6.07) is 0. The number of nitrogens with zero attached hydrogens (tertiary/aromatic N) is 1. The minimum atomic E-state index is -3.50. The number of rotatable bonds is 5. The van der Waals surface area contributed by atoms with E-state index >= 15 is 0 Å². The predicted molar refractivity (Wildman–Crippen MR) is 51.9 cm³/mol. The molecule has 84 valence electrons. The number of sulfone groups is 1. The summed E-state index contributed by atoms with van der Waals surface area (Å²) in [5, 5.41) is 0.654. The average molecular weight is 227 g/mol. The smallest absolute Gasteiger partial charge is 0.278 e. The molecule has 0 heterocycles. The van der Waals surface area contributed by atoms with Crippen molar-refractivity contribution in [1.29, 1.82) is 0 Å². The summed E-state index contributed by atoms with van der Waals surface area (Å²) in [6.45, 7) is 1.68. The van der Waals surface area contributed by atoms with Crippen molar-refractivity contribution in [3.63, 3.8) is 0 Å². The van der Waals surface area contributed by atoms with E-state index in [-0.39, 0.29) is 5.75 Å². The van der Waals surface area contributed by atoms with Crippen LogP contribution in [0.4, 0.5) is 8.78 Å². The first-order valence-corrected chi connectivity index (χ1v) is 5.91. The molecule has 0 saturated heterocycles. The molecule has 0 aromatic rings. The van der Waals surface area contributed by atoms with Crippen LogP contribution in [0, 0.1) is 0 Å². The minimum Gasteiger partial charge on any atom is -0.376 e.